The fourth-order valence-electron chi connectivity index (χ4n) is 4.69. The number of hydrogen-bond donors (Lipinski definition) is 1. The Morgan fingerprint density at radius 3 is 2.02 bits per heavy atom. The number of carbonyl (C=O) groups excluding carboxylic acids is 2. The molecular formula is C34H35ClN2O5S. The first-order chi connectivity index (χ1) is 20.4. The van der Waals surface area contributed by atoms with E-state index in [9.17, 15) is 18.0 Å². The van der Waals surface area contributed by atoms with E-state index >= 15 is 0 Å². The van der Waals surface area contributed by atoms with E-state index in [1.165, 1.54) is 24.3 Å². The lowest BCUT2D eigenvalue weighted by Gasteiger charge is -2.26. The number of nitrogens with one attached hydrogen (secondary N) is 1. The Morgan fingerprint density at radius 1 is 0.837 bits per heavy atom. The van der Waals surface area contributed by atoms with Gasteiger partial charge in [-0.2, -0.15) is 0 Å². The smallest absolute Gasteiger partial charge is 0.327 e. The Hall–Kier alpha value is -4.14. The van der Waals surface area contributed by atoms with Gasteiger partial charge in [0.25, 0.3) is 15.9 Å². The van der Waals surface area contributed by atoms with Crippen LogP contribution in [0.2, 0.25) is 5.02 Å². The first-order valence-corrected chi connectivity index (χ1v) is 15.7. The van der Waals surface area contributed by atoms with Crippen LogP contribution in [0.1, 0.15) is 54.6 Å². The lowest BCUT2D eigenvalue weighted by molar-refractivity contribution is -0.152. The van der Waals surface area contributed by atoms with Gasteiger partial charge in [-0.05, 0) is 74.7 Å². The second-order valence-electron chi connectivity index (χ2n) is 11.0. The normalized spacial score (nSPS) is 11.7. The van der Waals surface area contributed by atoms with E-state index < -0.39 is 34.0 Å². The number of nitrogens with zero attached hydrogens (tertiary/aromatic N) is 1. The van der Waals surface area contributed by atoms with Crippen molar-refractivity contribution in [1.29, 1.82) is 0 Å². The molecule has 0 aliphatic rings. The highest BCUT2D eigenvalue weighted by Gasteiger charge is 2.30. The van der Waals surface area contributed by atoms with Gasteiger partial charge in [0.2, 0.25) is 0 Å². The number of anilines is 1. The van der Waals surface area contributed by atoms with Crippen LogP contribution in [0.15, 0.2) is 114 Å². The second-order valence-corrected chi connectivity index (χ2v) is 13.3. The molecule has 0 fully saturated rings. The van der Waals surface area contributed by atoms with Crippen molar-refractivity contribution in [1.82, 2.24) is 5.32 Å². The Morgan fingerprint density at radius 2 is 1.44 bits per heavy atom. The molecule has 0 radical (unpaired) electrons. The highest BCUT2D eigenvalue weighted by atomic mass is 35.5. The second kappa shape index (κ2) is 13.9. The van der Waals surface area contributed by atoms with Crippen LogP contribution in [0, 0.1) is 0 Å². The molecule has 43 heavy (non-hydrogen) atoms. The van der Waals surface area contributed by atoms with Crippen molar-refractivity contribution in [2.24, 2.45) is 0 Å². The molecule has 0 aliphatic carbocycles. The summed E-state index contributed by atoms with van der Waals surface area (Å²) in [5.74, 6) is -1.05. The van der Waals surface area contributed by atoms with Crippen LogP contribution >= 0.6 is 11.6 Å². The molecule has 0 saturated heterocycles. The van der Waals surface area contributed by atoms with Gasteiger partial charge in [-0.3, -0.25) is 13.9 Å². The van der Waals surface area contributed by atoms with Crippen molar-refractivity contribution < 1.29 is 22.7 Å². The van der Waals surface area contributed by atoms with Crippen molar-refractivity contribution in [3.05, 3.63) is 131 Å². The number of halogens is 1. The van der Waals surface area contributed by atoms with Crippen molar-refractivity contribution in [3.8, 4) is 0 Å². The van der Waals surface area contributed by atoms with E-state index in [0.29, 0.717) is 18.0 Å². The van der Waals surface area contributed by atoms with Crippen molar-refractivity contribution in [3.63, 3.8) is 0 Å². The average Bonchev–Trinajstić information content (AvgIpc) is 2.98. The van der Waals surface area contributed by atoms with Gasteiger partial charge >= 0.3 is 5.97 Å². The molecule has 4 aromatic carbocycles. The third kappa shape index (κ3) is 8.69. The number of ether oxygens (including phenoxy) is 1. The number of sulfonamides is 1. The quantitative estimate of drug-likeness (QED) is 0.186. The summed E-state index contributed by atoms with van der Waals surface area (Å²) in [6, 6.07) is 32.1. The average molecular weight is 619 g/mol. The van der Waals surface area contributed by atoms with Crippen LogP contribution in [-0.2, 0) is 19.6 Å². The van der Waals surface area contributed by atoms with E-state index in [4.69, 9.17) is 16.3 Å². The molecule has 224 valence electrons. The summed E-state index contributed by atoms with van der Waals surface area (Å²) in [6.07, 6.45) is 0.649. The van der Waals surface area contributed by atoms with Gasteiger partial charge in [-0.15, -0.1) is 0 Å². The van der Waals surface area contributed by atoms with Crippen molar-refractivity contribution in [2.75, 3.05) is 17.4 Å². The van der Waals surface area contributed by atoms with Gasteiger partial charge in [-0.1, -0.05) is 84.4 Å². The standard InChI is InChI=1S/C34H35ClN2O5S/c1-34(2,3)42-32(38)24-37(29-18-11-17-28(35)23-29)43(40,41)30-19-10-16-27(22-30)33(39)36-21-20-31(25-12-6-4-7-13-25)26-14-8-5-9-15-26/h4-19,22-23,31H,20-21,24H2,1-3H3,(H,36,39). The molecule has 0 aliphatic heterocycles. The van der Waals surface area contributed by atoms with Gasteiger partial charge in [-0.25, -0.2) is 8.42 Å². The highest BCUT2D eigenvalue weighted by molar-refractivity contribution is 7.92. The molecule has 9 heteroatoms. The first-order valence-electron chi connectivity index (χ1n) is 13.9. The highest BCUT2D eigenvalue weighted by Crippen LogP contribution is 2.29. The summed E-state index contributed by atoms with van der Waals surface area (Å²) < 4.78 is 34.1. The zero-order chi connectivity index (χ0) is 31.0. The molecular weight excluding hydrogens is 584 g/mol. The van der Waals surface area contributed by atoms with Crippen molar-refractivity contribution in [2.45, 2.75) is 43.6 Å². The maximum atomic E-state index is 13.9. The molecule has 0 saturated carbocycles. The number of esters is 1. The maximum absolute atomic E-state index is 13.9. The summed E-state index contributed by atoms with van der Waals surface area (Å²) in [5.41, 5.74) is 1.85. The fraction of sp³-hybridized carbons (Fsp3) is 0.235. The van der Waals surface area contributed by atoms with E-state index in [2.05, 4.69) is 29.6 Å². The number of amides is 1. The van der Waals surface area contributed by atoms with E-state index in [1.54, 1.807) is 45.0 Å². The zero-order valence-electron chi connectivity index (χ0n) is 24.4. The number of hydrogen-bond acceptors (Lipinski definition) is 5. The lowest BCUT2D eigenvalue weighted by Crippen LogP contribution is -2.39. The largest absolute Gasteiger partial charge is 0.459 e. The Balaban J connectivity index is 1.54. The Kier molecular flexibility index (Phi) is 10.3. The van der Waals surface area contributed by atoms with E-state index in [1.807, 2.05) is 36.4 Å². The topological polar surface area (TPSA) is 92.8 Å². The van der Waals surface area contributed by atoms with Gasteiger partial charge in [0.1, 0.15) is 12.1 Å². The molecule has 0 atom stereocenters. The molecule has 0 unspecified atom stereocenters. The minimum atomic E-state index is -4.29. The molecule has 7 nitrogen and oxygen atoms in total. The summed E-state index contributed by atoms with van der Waals surface area (Å²) in [5, 5.41) is 3.24. The molecule has 1 N–H and O–H groups in total. The molecule has 0 spiro atoms. The Labute approximate surface area is 258 Å². The summed E-state index contributed by atoms with van der Waals surface area (Å²) in [7, 11) is -4.29. The van der Waals surface area contributed by atoms with Crippen LogP contribution < -0.4 is 9.62 Å². The number of benzene rings is 4. The lowest BCUT2D eigenvalue weighted by atomic mass is 9.88. The minimum absolute atomic E-state index is 0.0773. The number of rotatable bonds is 11. The zero-order valence-corrected chi connectivity index (χ0v) is 25.9. The minimum Gasteiger partial charge on any atom is -0.459 e. The summed E-state index contributed by atoms with van der Waals surface area (Å²) >= 11 is 6.15. The number of carbonyl (C=O) groups is 2. The van der Waals surface area contributed by atoms with E-state index in [0.717, 1.165) is 15.4 Å². The predicted molar refractivity (Wildman–Crippen MR) is 170 cm³/mol. The van der Waals surface area contributed by atoms with E-state index in [-0.39, 0.29) is 22.1 Å². The van der Waals surface area contributed by atoms with Crippen LogP contribution in [0.25, 0.3) is 0 Å². The van der Waals surface area contributed by atoms with Gasteiger partial charge in [0, 0.05) is 23.0 Å². The predicted octanol–water partition coefficient (Wildman–Crippen LogP) is 6.83. The molecule has 4 rings (SSSR count). The molecule has 4 aromatic rings. The van der Waals surface area contributed by atoms with Gasteiger partial charge in [0.15, 0.2) is 0 Å². The molecule has 0 heterocycles. The SMILES string of the molecule is CC(C)(C)OC(=O)CN(c1cccc(Cl)c1)S(=O)(=O)c1cccc(C(=O)NCCC(c2ccccc2)c2ccccc2)c1. The van der Waals surface area contributed by atoms with Crippen LogP contribution in [-0.4, -0.2) is 39.0 Å². The van der Waals surface area contributed by atoms with Crippen LogP contribution in [0.5, 0.6) is 0 Å². The third-order valence-electron chi connectivity index (χ3n) is 6.60. The fourth-order valence-corrected chi connectivity index (χ4v) is 6.32. The summed E-state index contributed by atoms with van der Waals surface area (Å²) in [6.45, 7) is 4.90. The van der Waals surface area contributed by atoms with Crippen LogP contribution in [0.4, 0.5) is 5.69 Å². The van der Waals surface area contributed by atoms with Gasteiger partial charge in [0.05, 0.1) is 10.6 Å². The van der Waals surface area contributed by atoms with Crippen molar-refractivity contribution >= 4 is 39.2 Å². The molecule has 0 aromatic heterocycles. The van der Waals surface area contributed by atoms with Gasteiger partial charge < -0.3 is 10.1 Å². The third-order valence-corrected chi connectivity index (χ3v) is 8.60. The maximum Gasteiger partial charge on any atom is 0.327 e. The molecule has 1 amide bonds. The summed E-state index contributed by atoms with van der Waals surface area (Å²) in [4.78, 5) is 25.8. The van der Waals surface area contributed by atoms with Crippen LogP contribution in [0.3, 0.4) is 0 Å². The molecule has 0 bridgehead atoms. The Bertz CT molecular complexity index is 1620. The first kappa shape index (κ1) is 31.8. The monoisotopic (exact) mass is 618 g/mol.